The number of carbonyl (C=O) groups excluding carboxylic acids is 1. The van der Waals surface area contributed by atoms with Crippen molar-refractivity contribution < 1.29 is 9.53 Å². The molecule has 9 heteroatoms. The number of aryl methyl sites for hydroxylation is 1. The molecule has 4 rings (SSSR count). The van der Waals surface area contributed by atoms with Crippen LogP contribution in [0, 0.1) is 18.3 Å². The fourth-order valence-corrected chi connectivity index (χ4v) is 4.60. The molecule has 1 fully saturated rings. The summed E-state index contributed by atoms with van der Waals surface area (Å²) >= 11 is 7.68. The highest BCUT2D eigenvalue weighted by atomic mass is 35.5. The van der Waals surface area contributed by atoms with Crippen molar-refractivity contribution in [2.75, 3.05) is 26.2 Å². The molecule has 32 heavy (non-hydrogen) atoms. The molecule has 0 N–H and O–H groups in total. The predicted octanol–water partition coefficient (Wildman–Crippen LogP) is 4.57. The Morgan fingerprint density at radius 1 is 1.16 bits per heavy atom. The largest absolute Gasteiger partial charge is 0.456 e. The third-order valence-corrected chi connectivity index (χ3v) is 6.21. The van der Waals surface area contributed by atoms with Crippen LogP contribution in [0.4, 0.5) is 0 Å². The monoisotopic (exact) mass is 465 g/mol. The topological polar surface area (TPSA) is 82.4 Å². The molecule has 0 atom stereocenters. The Hall–Kier alpha value is -3.12. The summed E-state index contributed by atoms with van der Waals surface area (Å²) in [6.07, 6.45) is 4.55. The molecule has 0 spiro atoms. The number of nitriles is 1. The first kappa shape index (κ1) is 22.1. The summed E-state index contributed by atoms with van der Waals surface area (Å²) in [4.78, 5) is 23.3. The molecule has 1 aliphatic rings. The number of benzene rings is 2. The van der Waals surface area contributed by atoms with Gasteiger partial charge in [-0.2, -0.15) is 5.26 Å². The molecular formula is C23H20ClN5O2S. The summed E-state index contributed by atoms with van der Waals surface area (Å²) < 4.78 is 8.27. The van der Waals surface area contributed by atoms with Gasteiger partial charge in [0, 0.05) is 43.6 Å². The predicted molar refractivity (Wildman–Crippen MR) is 123 cm³/mol. The Morgan fingerprint density at radius 2 is 1.97 bits per heavy atom. The van der Waals surface area contributed by atoms with Crippen molar-refractivity contribution in [3.8, 4) is 17.6 Å². The van der Waals surface area contributed by atoms with Crippen LogP contribution in [0.2, 0.25) is 5.02 Å². The number of rotatable bonds is 5. The number of hydrogen-bond acceptors (Lipinski definition) is 7. The van der Waals surface area contributed by atoms with Crippen LogP contribution in [0.15, 0.2) is 59.9 Å². The van der Waals surface area contributed by atoms with Gasteiger partial charge in [0.05, 0.1) is 22.7 Å². The number of piperazine rings is 1. The van der Waals surface area contributed by atoms with Crippen molar-refractivity contribution in [3.05, 3.63) is 76.8 Å². The lowest BCUT2D eigenvalue weighted by Gasteiger charge is -2.33. The second kappa shape index (κ2) is 10.0. The van der Waals surface area contributed by atoms with Gasteiger partial charge in [0.1, 0.15) is 17.2 Å². The van der Waals surface area contributed by atoms with Crippen molar-refractivity contribution in [2.24, 2.45) is 0 Å². The van der Waals surface area contributed by atoms with Crippen LogP contribution in [0.1, 0.15) is 21.6 Å². The number of hydrogen-bond donors (Lipinski definition) is 0. The van der Waals surface area contributed by atoms with Crippen LogP contribution in [-0.4, -0.2) is 51.3 Å². The fraction of sp³-hybridized carbons (Fsp3) is 0.217. The number of ether oxygens (including phenoxy) is 1. The second-order valence-corrected chi connectivity index (χ2v) is 8.82. The lowest BCUT2D eigenvalue weighted by atomic mass is 10.2. The van der Waals surface area contributed by atoms with E-state index < -0.39 is 0 Å². The van der Waals surface area contributed by atoms with Crippen molar-refractivity contribution in [3.63, 3.8) is 0 Å². The number of halogens is 1. The van der Waals surface area contributed by atoms with Crippen molar-refractivity contribution in [2.45, 2.75) is 11.8 Å². The molecule has 0 saturated carbocycles. The maximum Gasteiger partial charge on any atom is 0.274 e. The highest BCUT2D eigenvalue weighted by Crippen LogP contribution is 2.36. The molecule has 1 aromatic heterocycles. The third-order valence-electron chi connectivity index (χ3n) is 4.85. The Morgan fingerprint density at radius 3 is 2.66 bits per heavy atom. The molecule has 0 unspecified atom stereocenters. The van der Waals surface area contributed by atoms with Gasteiger partial charge in [0.25, 0.3) is 5.91 Å². The van der Waals surface area contributed by atoms with Gasteiger partial charge in [0.2, 0.25) is 0 Å². The first-order valence-corrected chi connectivity index (χ1v) is 11.1. The zero-order valence-electron chi connectivity index (χ0n) is 17.4. The number of nitrogens with zero attached hydrogens (tertiary/aromatic N) is 5. The van der Waals surface area contributed by atoms with Crippen LogP contribution in [0.5, 0.6) is 11.5 Å². The maximum atomic E-state index is 12.6. The van der Waals surface area contributed by atoms with Crippen LogP contribution in [0.25, 0.3) is 0 Å². The Labute approximate surface area is 195 Å². The molecular weight excluding hydrogens is 446 g/mol. The van der Waals surface area contributed by atoms with Crippen LogP contribution in [-0.2, 0) is 0 Å². The van der Waals surface area contributed by atoms with Gasteiger partial charge in [-0.05, 0) is 60.8 Å². The third kappa shape index (κ3) is 5.37. The fourth-order valence-electron chi connectivity index (χ4n) is 3.32. The summed E-state index contributed by atoms with van der Waals surface area (Å²) in [6.45, 7) is 4.44. The van der Waals surface area contributed by atoms with E-state index in [-0.39, 0.29) is 5.91 Å². The van der Waals surface area contributed by atoms with E-state index in [1.54, 1.807) is 29.3 Å². The summed E-state index contributed by atoms with van der Waals surface area (Å²) in [6, 6.07) is 13.1. The second-order valence-electron chi connectivity index (χ2n) is 7.24. The van der Waals surface area contributed by atoms with Crippen LogP contribution >= 0.6 is 23.5 Å². The van der Waals surface area contributed by atoms with Gasteiger partial charge < -0.3 is 9.64 Å². The molecule has 1 saturated heterocycles. The minimum atomic E-state index is -0.116. The first-order valence-electron chi connectivity index (χ1n) is 9.99. The van der Waals surface area contributed by atoms with E-state index in [1.807, 2.05) is 25.1 Å². The zero-order valence-corrected chi connectivity index (χ0v) is 18.9. The van der Waals surface area contributed by atoms with Gasteiger partial charge in [-0.1, -0.05) is 11.6 Å². The van der Waals surface area contributed by atoms with Crippen molar-refractivity contribution in [1.29, 1.82) is 5.26 Å². The maximum absolute atomic E-state index is 12.6. The molecule has 0 radical (unpaired) electrons. The highest BCUT2D eigenvalue weighted by Gasteiger charge is 2.24. The van der Waals surface area contributed by atoms with E-state index in [0.29, 0.717) is 54.0 Å². The van der Waals surface area contributed by atoms with Gasteiger partial charge in [-0.3, -0.25) is 9.78 Å². The SMILES string of the molecule is Cc1cc(Cl)cc(Oc2ccc(C#N)cc2SN2CCN(C(=O)c3cnccn3)CC2)c1. The van der Waals surface area contributed by atoms with Crippen LogP contribution < -0.4 is 4.74 Å². The Bertz CT molecular complexity index is 1140. The molecule has 2 aromatic carbocycles. The molecule has 2 heterocycles. The van der Waals surface area contributed by atoms with Crippen molar-refractivity contribution in [1.82, 2.24) is 19.2 Å². The first-order chi connectivity index (χ1) is 15.5. The smallest absolute Gasteiger partial charge is 0.274 e. The summed E-state index contributed by atoms with van der Waals surface area (Å²) in [5.41, 5.74) is 1.90. The lowest BCUT2D eigenvalue weighted by Crippen LogP contribution is -2.46. The molecule has 3 aromatic rings. The van der Waals surface area contributed by atoms with Gasteiger partial charge in [-0.25, -0.2) is 9.29 Å². The summed E-state index contributed by atoms with van der Waals surface area (Å²) in [5.74, 6) is 1.17. The minimum Gasteiger partial charge on any atom is -0.456 e. The van der Waals surface area contributed by atoms with Crippen molar-refractivity contribution >= 4 is 29.5 Å². The van der Waals surface area contributed by atoms with E-state index >= 15 is 0 Å². The average molecular weight is 466 g/mol. The minimum absolute atomic E-state index is 0.116. The van der Waals surface area contributed by atoms with E-state index in [0.717, 1.165) is 10.5 Å². The molecule has 0 bridgehead atoms. The van der Waals surface area contributed by atoms with E-state index in [9.17, 15) is 10.1 Å². The number of aromatic nitrogens is 2. The normalized spacial score (nSPS) is 14.1. The summed E-state index contributed by atoms with van der Waals surface area (Å²) in [5, 5.41) is 9.94. The highest BCUT2D eigenvalue weighted by molar-refractivity contribution is 7.97. The molecule has 162 valence electrons. The molecule has 0 aliphatic carbocycles. The number of carbonyl (C=O) groups is 1. The van der Waals surface area contributed by atoms with Gasteiger partial charge >= 0.3 is 0 Å². The molecule has 1 amide bonds. The van der Waals surface area contributed by atoms with E-state index in [4.69, 9.17) is 16.3 Å². The van der Waals surface area contributed by atoms with Crippen LogP contribution in [0.3, 0.4) is 0 Å². The Balaban J connectivity index is 1.46. The standard InChI is InChI=1S/C23H20ClN5O2S/c1-16-10-18(24)13-19(11-16)31-21-3-2-17(14-25)12-22(21)32-29-8-6-28(7-9-29)23(30)20-15-26-4-5-27-20/h2-5,10-13,15H,6-9H2,1H3. The average Bonchev–Trinajstić information content (AvgIpc) is 2.80. The zero-order chi connectivity index (χ0) is 22.5. The lowest BCUT2D eigenvalue weighted by molar-refractivity contribution is 0.0697. The molecule has 1 aliphatic heterocycles. The molecule has 7 nitrogen and oxygen atoms in total. The van der Waals surface area contributed by atoms with Gasteiger partial charge in [0.15, 0.2) is 0 Å². The van der Waals surface area contributed by atoms with Gasteiger partial charge in [-0.15, -0.1) is 0 Å². The summed E-state index contributed by atoms with van der Waals surface area (Å²) in [7, 11) is 0. The van der Waals surface area contributed by atoms with E-state index in [2.05, 4.69) is 20.3 Å². The van der Waals surface area contributed by atoms with E-state index in [1.165, 1.54) is 24.3 Å². The quantitative estimate of drug-likeness (QED) is 0.510. The number of amides is 1. The Kier molecular flexibility index (Phi) is 6.90.